The Kier molecular flexibility index (Phi) is 5.67. The molecule has 7 heteroatoms. The van der Waals surface area contributed by atoms with Crippen molar-refractivity contribution in [2.45, 2.75) is 30.7 Å². The molecule has 112 valence electrons. The molecular weight excluding hydrogens is 278 g/mol. The molecule has 1 atom stereocenters. The Balaban J connectivity index is 2.82. The topological polar surface area (TPSA) is 92.5 Å². The van der Waals surface area contributed by atoms with Crippen LogP contribution >= 0.6 is 0 Å². The zero-order chi connectivity index (χ0) is 15.3. The highest BCUT2D eigenvalue weighted by Crippen LogP contribution is 2.18. The quantitative estimate of drug-likeness (QED) is 0.819. The monoisotopic (exact) mass is 299 g/mol. The van der Waals surface area contributed by atoms with Gasteiger partial charge in [0.05, 0.1) is 4.90 Å². The Hall–Kier alpha value is -1.44. The molecule has 0 aliphatic heterocycles. The number of amides is 1. The van der Waals surface area contributed by atoms with Crippen LogP contribution in [0.15, 0.2) is 29.2 Å². The molecule has 1 aromatic carbocycles. The molecule has 0 fully saturated rings. The summed E-state index contributed by atoms with van der Waals surface area (Å²) in [4.78, 5) is 11.8. The highest BCUT2D eigenvalue weighted by molar-refractivity contribution is 7.89. The standard InChI is InChI=1S/C13H21N3O3S/c1-10(14)7-8-13(17)15-11-5-4-6-12(9-11)20(18,19)16(2)3/h4-6,9-10H,7-8,14H2,1-3H3,(H,15,17). The number of carbonyl (C=O) groups excluding carboxylic acids is 1. The van der Waals surface area contributed by atoms with E-state index in [1.54, 1.807) is 12.1 Å². The summed E-state index contributed by atoms with van der Waals surface area (Å²) in [5.74, 6) is -0.179. The highest BCUT2D eigenvalue weighted by atomic mass is 32.2. The second-order valence-corrected chi connectivity index (χ2v) is 7.03. The van der Waals surface area contributed by atoms with Crippen LogP contribution in [0.5, 0.6) is 0 Å². The van der Waals surface area contributed by atoms with Gasteiger partial charge in [-0.15, -0.1) is 0 Å². The lowest BCUT2D eigenvalue weighted by atomic mass is 10.2. The van der Waals surface area contributed by atoms with Crippen LogP contribution in [0.1, 0.15) is 19.8 Å². The van der Waals surface area contributed by atoms with Gasteiger partial charge in [-0.25, -0.2) is 12.7 Å². The first kappa shape index (κ1) is 16.6. The van der Waals surface area contributed by atoms with Crippen molar-refractivity contribution in [3.05, 3.63) is 24.3 Å². The SMILES string of the molecule is CC(N)CCC(=O)Nc1cccc(S(=O)(=O)N(C)C)c1. The number of carbonyl (C=O) groups is 1. The molecule has 0 radical (unpaired) electrons. The molecule has 0 aliphatic carbocycles. The normalized spacial score (nSPS) is 13.2. The molecule has 0 spiro atoms. The van der Waals surface area contributed by atoms with Crippen molar-refractivity contribution in [1.82, 2.24) is 4.31 Å². The summed E-state index contributed by atoms with van der Waals surface area (Å²) >= 11 is 0. The summed E-state index contributed by atoms with van der Waals surface area (Å²) in [6.45, 7) is 1.83. The van der Waals surface area contributed by atoms with Crippen molar-refractivity contribution < 1.29 is 13.2 Å². The Labute approximate surface area is 120 Å². The molecule has 1 aromatic rings. The average Bonchev–Trinajstić information content (AvgIpc) is 2.36. The third-order valence-electron chi connectivity index (χ3n) is 2.72. The summed E-state index contributed by atoms with van der Waals surface area (Å²) in [6, 6.07) is 6.14. The predicted molar refractivity (Wildman–Crippen MR) is 78.8 cm³/mol. The fourth-order valence-electron chi connectivity index (χ4n) is 1.53. The van der Waals surface area contributed by atoms with E-state index >= 15 is 0 Å². The summed E-state index contributed by atoms with van der Waals surface area (Å²) < 4.78 is 25.1. The maximum atomic E-state index is 12.0. The number of hydrogen-bond donors (Lipinski definition) is 2. The molecular formula is C13H21N3O3S. The number of nitrogens with one attached hydrogen (secondary N) is 1. The second-order valence-electron chi connectivity index (χ2n) is 4.88. The molecule has 1 amide bonds. The molecule has 0 aromatic heterocycles. The van der Waals surface area contributed by atoms with Crippen molar-refractivity contribution in [3.63, 3.8) is 0 Å². The van der Waals surface area contributed by atoms with Gasteiger partial charge < -0.3 is 11.1 Å². The zero-order valence-corrected chi connectivity index (χ0v) is 12.8. The van der Waals surface area contributed by atoms with E-state index in [0.29, 0.717) is 18.5 Å². The molecule has 1 unspecified atom stereocenters. The van der Waals surface area contributed by atoms with Crippen LogP contribution in [0.25, 0.3) is 0 Å². The van der Waals surface area contributed by atoms with E-state index < -0.39 is 10.0 Å². The minimum atomic E-state index is -3.50. The minimum Gasteiger partial charge on any atom is -0.328 e. The first-order valence-corrected chi connectivity index (χ1v) is 7.75. The van der Waals surface area contributed by atoms with E-state index in [2.05, 4.69) is 5.32 Å². The lowest BCUT2D eigenvalue weighted by Gasteiger charge is -2.13. The first-order chi connectivity index (χ1) is 9.23. The van der Waals surface area contributed by atoms with Gasteiger partial charge in [0.1, 0.15) is 0 Å². The number of rotatable bonds is 6. The molecule has 0 saturated carbocycles. The fraction of sp³-hybridized carbons (Fsp3) is 0.462. The summed E-state index contributed by atoms with van der Waals surface area (Å²) in [7, 11) is -0.576. The van der Waals surface area contributed by atoms with Crippen molar-refractivity contribution in [2.24, 2.45) is 5.73 Å². The van der Waals surface area contributed by atoms with Gasteiger partial charge in [0.15, 0.2) is 0 Å². The van der Waals surface area contributed by atoms with Crippen LogP contribution in [-0.2, 0) is 14.8 Å². The number of nitrogens with zero attached hydrogens (tertiary/aromatic N) is 1. The maximum Gasteiger partial charge on any atom is 0.242 e. The van der Waals surface area contributed by atoms with Crippen LogP contribution in [-0.4, -0.2) is 38.8 Å². The van der Waals surface area contributed by atoms with Gasteiger partial charge in [0.2, 0.25) is 15.9 Å². The number of sulfonamides is 1. The van der Waals surface area contributed by atoms with Crippen LogP contribution in [0.2, 0.25) is 0 Å². The summed E-state index contributed by atoms with van der Waals surface area (Å²) in [6.07, 6.45) is 0.893. The van der Waals surface area contributed by atoms with Crippen molar-refractivity contribution in [1.29, 1.82) is 0 Å². The summed E-state index contributed by atoms with van der Waals surface area (Å²) in [5.41, 5.74) is 6.04. The maximum absolute atomic E-state index is 12.0. The van der Waals surface area contributed by atoms with Crippen molar-refractivity contribution in [2.75, 3.05) is 19.4 Å². The lowest BCUT2D eigenvalue weighted by molar-refractivity contribution is -0.116. The number of hydrogen-bond acceptors (Lipinski definition) is 4. The smallest absolute Gasteiger partial charge is 0.242 e. The molecule has 0 heterocycles. The van der Waals surface area contributed by atoms with Gasteiger partial charge in [0.25, 0.3) is 0 Å². The Bertz CT molecular complexity index is 568. The average molecular weight is 299 g/mol. The molecule has 0 aliphatic rings. The van der Waals surface area contributed by atoms with Gasteiger partial charge in [-0.05, 0) is 31.5 Å². The Morgan fingerprint density at radius 3 is 2.60 bits per heavy atom. The molecule has 0 bridgehead atoms. The molecule has 3 N–H and O–H groups in total. The summed E-state index contributed by atoms with van der Waals surface area (Å²) in [5, 5.41) is 2.67. The van der Waals surface area contributed by atoms with Crippen LogP contribution in [0.3, 0.4) is 0 Å². The number of anilines is 1. The van der Waals surface area contributed by atoms with Gasteiger partial charge in [-0.3, -0.25) is 4.79 Å². The van der Waals surface area contributed by atoms with Crippen LogP contribution in [0.4, 0.5) is 5.69 Å². The first-order valence-electron chi connectivity index (χ1n) is 6.31. The third-order valence-corrected chi connectivity index (χ3v) is 4.53. The van der Waals surface area contributed by atoms with Crippen molar-refractivity contribution >= 4 is 21.6 Å². The largest absolute Gasteiger partial charge is 0.328 e. The highest BCUT2D eigenvalue weighted by Gasteiger charge is 2.17. The van der Waals surface area contributed by atoms with Gasteiger partial charge >= 0.3 is 0 Å². The predicted octanol–water partition coefficient (Wildman–Crippen LogP) is 1.00. The van der Waals surface area contributed by atoms with E-state index in [4.69, 9.17) is 5.73 Å². The van der Waals surface area contributed by atoms with E-state index in [1.165, 1.54) is 26.2 Å². The van der Waals surface area contributed by atoms with E-state index in [-0.39, 0.29) is 16.8 Å². The third kappa shape index (κ3) is 4.59. The van der Waals surface area contributed by atoms with E-state index in [0.717, 1.165) is 4.31 Å². The fourth-order valence-corrected chi connectivity index (χ4v) is 2.48. The molecule has 0 saturated heterocycles. The van der Waals surface area contributed by atoms with Gasteiger partial charge in [-0.1, -0.05) is 6.07 Å². The Morgan fingerprint density at radius 1 is 1.40 bits per heavy atom. The molecule has 20 heavy (non-hydrogen) atoms. The van der Waals surface area contributed by atoms with E-state index in [1.807, 2.05) is 6.92 Å². The van der Waals surface area contributed by atoms with Crippen molar-refractivity contribution in [3.8, 4) is 0 Å². The zero-order valence-electron chi connectivity index (χ0n) is 12.0. The second kappa shape index (κ2) is 6.83. The van der Waals surface area contributed by atoms with Gasteiger partial charge in [-0.2, -0.15) is 0 Å². The number of nitrogens with two attached hydrogens (primary N) is 1. The van der Waals surface area contributed by atoms with Gasteiger partial charge in [0, 0.05) is 32.2 Å². The molecule has 1 rings (SSSR count). The lowest BCUT2D eigenvalue weighted by Crippen LogP contribution is -2.22. The number of benzene rings is 1. The van der Waals surface area contributed by atoms with E-state index in [9.17, 15) is 13.2 Å². The minimum absolute atomic E-state index is 0.0406. The van der Waals surface area contributed by atoms with Crippen LogP contribution in [0, 0.1) is 0 Å². The molecule has 6 nitrogen and oxygen atoms in total. The van der Waals surface area contributed by atoms with Crippen LogP contribution < -0.4 is 11.1 Å². The Morgan fingerprint density at radius 2 is 2.05 bits per heavy atom.